The van der Waals surface area contributed by atoms with Crippen LogP contribution in [0.15, 0.2) is 30.6 Å². The molecule has 10 heteroatoms. The molecule has 0 unspecified atom stereocenters. The van der Waals surface area contributed by atoms with E-state index in [-0.39, 0.29) is 12.2 Å². The summed E-state index contributed by atoms with van der Waals surface area (Å²) in [5.74, 6) is 0.344. The van der Waals surface area contributed by atoms with Gasteiger partial charge in [0.1, 0.15) is 12.2 Å². The number of nitrogens with one attached hydrogen (secondary N) is 1. The van der Waals surface area contributed by atoms with Crippen molar-refractivity contribution in [3.05, 3.63) is 52.6 Å². The van der Waals surface area contributed by atoms with Gasteiger partial charge in [-0.25, -0.2) is 18.4 Å². The van der Waals surface area contributed by atoms with Gasteiger partial charge < -0.3 is 5.32 Å². The number of amides is 1. The van der Waals surface area contributed by atoms with Crippen LogP contribution < -0.4 is 5.32 Å². The van der Waals surface area contributed by atoms with Gasteiger partial charge in [-0.15, -0.1) is 5.10 Å². The average molecular weight is 393 g/mol. The molecule has 3 heterocycles. The third-order valence-electron chi connectivity index (χ3n) is 4.35. The molecule has 3 aromatic rings. The molecule has 1 aliphatic rings. The van der Waals surface area contributed by atoms with Crippen LogP contribution >= 0.6 is 11.6 Å². The maximum absolute atomic E-state index is 13.1. The summed E-state index contributed by atoms with van der Waals surface area (Å²) in [6, 6.07) is 4.98. The van der Waals surface area contributed by atoms with Crippen molar-refractivity contribution < 1.29 is 13.6 Å². The van der Waals surface area contributed by atoms with Gasteiger partial charge in [-0.2, -0.15) is 5.10 Å². The second-order valence-electron chi connectivity index (χ2n) is 6.12. The fraction of sp³-hybridized carbons (Fsp3) is 0.294. The highest BCUT2D eigenvalue weighted by atomic mass is 35.5. The molecular formula is C17H15ClF2N6O. The van der Waals surface area contributed by atoms with Crippen molar-refractivity contribution in [2.75, 3.05) is 5.32 Å². The summed E-state index contributed by atoms with van der Waals surface area (Å²) in [7, 11) is 0. The summed E-state index contributed by atoms with van der Waals surface area (Å²) >= 11 is 6.08. The van der Waals surface area contributed by atoms with Gasteiger partial charge in [0, 0.05) is 29.7 Å². The Morgan fingerprint density at radius 1 is 1.30 bits per heavy atom. The third-order valence-corrected chi connectivity index (χ3v) is 4.65. The van der Waals surface area contributed by atoms with Crippen LogP contribution in [-0.4, -0.2) is 30.5 Å². The Hall–Kier alpha value is -2.81. The molecule has 0 aliphatic heterocycles. The highest BCUT2D eigenvalue weighted by Gasteiger charge is 2.27. The standard InChI is InChI=1S/C17H15ClF2N6O/c18-11-4-2-7-21-17(11)25-8-6-13(23-25)22-14(27)9-26-12-5-1-3-10(12)15(24-26)16(19)20/h2,4,6-8,16H,1,3,5,9H2,(H,22,23,27). The second kappa shape index (κ2) is 7.07. The summed E-state index contributed by atoms with van der Waals surface area (Å²) in [6.45, 7) is -0.147. The van der Waals surface area contributed by atoms with Gasteiger partial charge in [-0.3, -0.25) is 9.48 Å². The van der Waals surface area contributed by atoms with E-state index in [4.69, 9.17) is 11.6 Å². The smallest absolute Gasteiger partial charge is 0.282 e. The molecule has 4 rings (SSSR count). The van der Waals surface area contributed by atoms with Gasteiger partial charge in [-0.05, 0) is 31.4 Å². The number of fused-ring (bicyclic) bond motifs is 1. The monoisotopic (exact) mass is 392 g/mol. The van der Waals surface area contributed by atoms with Gasteiger partial charge >= 0.3 is 0 Å². The summed E-state index contributed by atoms with van der Waals surface area (Å²) in [5.41, 5.74) is 1.07. The number of carbonyl (C=O) groups excluding carboxylic acids is 1. The molecule has 0 fully saturated rings. The first kappa shape index (κ1) is 17.6. The zero-order valence-electron chi connectivity index (χ0n) is 14.1. The van der Waals surface area contributed by atoms with Crippen molar-refractivity contribution in [3.8, 4) is 5.82 Å². The first-order valence-electron chi connectivity index (χ1n) is 8.36. The first-order chi connectivity index (χ1) is 13.0. The molecule has 1 N–H and O–H groups in total. The second-order valence-corrected chi connectivity index (χ2v) is 6.53. The predicted molar refractivity (Wildman–Crippen MR) is 94.2 cm³/mol. The Morgan fingerprint density at radius 2 is 2.15 bits per heavy atom. The van der Waals surface area contributed by atoms with Crippen molar-refractivity contribution in [1.29, 1.82) is 0 Å². The molecular weight excluding hydrogens is 378 g/mol. The number of rotatable bonds is 5. The minimum Gasteiger partial charge on any atom is -0.308 e. The molecule has 7 nitrogen and oxygen atoms in total. The summed E-state index contributed by atoms with van der Waals surface area (Å²) in [4.78, 5) is 16.5. The molecule has 0 radical (unpaired) electrons. The van der Waals surface area contributed by atoms with E-state index in [2.05, 4.69) is 20.5 Å². The largest absolute Gasteiger partial charge is 0.308 e. The minimum atomic E-state index is -2.64. The number of nitrogens with zero attached hydrogens (tertiary/aromatic N) is 5. The van der Waals surface area contributed by atoms with E-state index in [9.17, 15) is 13.6 Å². The fourth-order valence-corrected chi connectivity index (χ4v) is 3.43. The summed E-state index contributed by atoms with van der Waals surface area (Å²) in [5, 5.41) is 11.2. The van der Waals surface area contributed by atoms with E-state index >= 15 is 0 Å². The van der Waals surface area contributed by atoms with Gasteiger partial charge in [-0.1, -0.05) is 11.6 Å². The van der Waals surface area contributed by atoms with Crippen LogP contribution in [0.4, 0.5) is 14.6 Å². The van der Waals surface area contributed by atoms with E-state index in [1.165, 1.54) is 9.36 Å². The zero-order chi connectivity index (χ0) is 19.0. The number of halogens is 3. The topological polar surface area (TPSA) is 77.6 Å². The zero-order valence-corrected chi connectivity index (χ0v) is 14.8. The Morgan fingerprint density at radius 3 is 2.93 bits per heavy atom. The van der Waals surface area contributed by atoms with Crippen LogP contribution in [0.1, 0.15) is 29.8 Å². The molecule has 1 amide bonds. The maximum atomic E-state index is 13.1. The number of hydrogen-bond donors (Lipinski definition) is 1. The van der Waals surface area contributed by atoms with Gasteiger partial charge in [0.2, 0.25) is 5.91 Å². The van der Waals surface area contributed by atoms with Gasteiger partial charge in [0.05, 0.1) is 5.02 Å². The summed E-state index contributed by atoms with van der Waals surface area (Å²) < 4.78 is 29.0. The lowest BCUT2D eigenvalue weighted by atomic mass is 10.2. The van der Waals surface area contributed by atoms with Crippen molar-refractivity contribution in [2.24, 2.45) is 0 Å². The average Bonchev–Trinajstić information content (AvgIpc) is 3.33. The predicted octanol–water partition coefficient (Wildman–Crippen LogP) is 3.18. The van der Waals surface area contributed by atoms with Crippen molar-refractivity contribution in [2.45, 2.75) is 32.2 Å². The lowest BCUT2D eigenvalue weighted by Crippen LogP contribution is -2.21. The Labute approximate surface area is 158 Å². The normalized spacial score (nSPS) is 13.2. The molecule has 140 valence electrons. The van der Waals surface area contributed by atoms with Crippen LogP contribution in [0.5, 0.6) is 0 Å². The van der Waals surface area contributed by atoms with E-state index in [0.717, 1.165) is 6.42 Å². The number of alkyl halides is 2. The minimum absolute atomic E-state index is 0.147. The van der Waals surface area contributed by atoms with E-state index in [1.807, 2.05) is 0 Å². The molecule has 0 atom stereocenters. The molecule has 0 aromatic carbocycles. The molecule has 0 saturated heterocycles. The number of aromatic nitrogens is 5. The van der Waals surface area contributed by atoms with Crippen molar-refractivity contribution in [3.63, 3.8) is 0 Å². The number of hydrogen-bond acceptors (Lipinski definition) is 4. The third kappa shape index (κ3) is 3.42. The molecule has 27 heavy (non-hydrogen) atoms. The first-order valence-corrected chi connectivity index (χ1v) is 8.73. The van der Waals surface area contributed by atoms with Crippen molar-refractivity contribution >= 4 is 23.3 Å². The lowest BCUT2D eigenvalue weighted by Gasteiger charge is -2.06. The maximum Gasteiger partial charge on any atom is 0.282 e. The van der Waals surface area contributed by atoms with Gasteiger partial charge in [0.15, 0.2) is 11.6 Å². The Balaban J connectivity index is 1.48. The van der Waals surface area contributed by atoms with E-state index < -0.39 is 12.3 Å². The number of carbonyl (C=O) groups is 1. The summed E-state index contributed by atoms with van der Waals surface area (Å²) in [6.07, 6.45) is 2.58. The van der Waals surface area contributed by atoms with Crippen LogP contribution in [0.3, 0.4) is 0 Å². The van der Waals surface area contributed by atoms with Crippen LogP contribution in [-0.2, 0) is 24.2 Å². The molecule has 0 bridgehead atoms. The fourth-order valence-electron chi connectivity index (χ4n) is 3.22. The lowest BCUT2D eigenvalue weighted by molar-refractivity contribution is -0.117. The number of pyridine rings is 1. The van der Waals surface area contributed by atoms with Crippen LogP contribution in [0.2, 0.25) is 5.02 Å². The highest BCUT2D eigenvalue weighted by Crippen LogP contribution is 2.31. The highest BCUT2D eigenvalue weighted by molar-refractivity contribution is 6.32. The number of anilines is 1. The van der Waals surface area contributed by atoms with Crippen molar-refractivity contribution in [1.82, 2.24) is 24.5 Å². The molecule has 0 saturated carbocycles. The molecule has 0 spiro atoms. The SMILES string of the molecule is O=C(Cn1nc(C(F)F)c2c1CCC2)Nc1ccn(-c2ncccc2Cl)n1. The van der Waals surface area contributed by atoms with E-state index in [1.54, 1.807) is 30.6 Å². The van der Waals surface area contributed by atoms with E-state index in [0.29, 0.717) is 40.8 Å². The van der Waals surface area contributed by atoms with Crippen LogP contribution in [0, 0.1) is 0 Å². The van der Waals surface area contributed by atoms with Gasteiger partial charge in [0.25, 0.3) is 6.43 Å². The molecule has 3 aromatic heterocycles. The quantitative estimate of drug-likeness (QED) is 0.723. The molecule has 1 aliphatic carbocycles. The van der Waals surface area contributed by atoms with Crippen LogP contribution in [0.25, 0.3) is 5.82 Å². The Kier molecular flexibility index (Phi) is 4.61. The Bertz CT molecular complexity index is 999.